The highest BCUT2D eigenvalue weighted by atomic mass is 19.1. The zero-order chi connectivity index (χ0) is 12.1. The molecular formula is C12H15FO3. The summed E-state index contributed by atoms with van der Waals surface area (Å²) in [5.41, 5.74) is 0. The summed E-state index contributed by atoms with van der Waals surface area (Å²) < 4.78 is 23.3. The maximum absolute atomic E-state index is 13.2. The van der Waals surface area contributed by atoms with Gasteiger partial charge in [-0.2, -0.15) is 0 Å². The van der Waals surface area contributed by atoms with Crippen molar-refractivity contribution in [1.82, 2.24) is 0 Å². The third kappa shape index (κ3) is 3.53. The van der Waals surface area contributed by atoms with Gasteiger partial charge in [0, 0.05) is 0 Å². The van der Waals surface area contributed by atoms with E-state index in [1.54, 1.807) is 26.0 Å². The van der Waals surface area contributed by atoms with Crippen molar-refractivity contribution < 1.29 is 18.7 Å². The highest BCUT2D eigenvalue weighted by Gasteiger charge is 2.18. The predicted octanol–water partition coefficient (Wildman–Crippen LogP) is 2.54. The van der Waals surface area contributed by atoms with E-state index in [1.165, 1.54) is 19.1 Å². The Morgan fingerprint density at radius 3 is 2.44 bits per heavy atom. The molecule has 0 aliphatic rings. The number of para-hydroxylation sites is 1. The zero-order valence-corrected chi connectivity index (χ0v) is 9.57. The first-order valence-electron chi connectivity index (χ1n) is 5.12. The summed E-state index contributed by atoms with van der Waals surface area (Å²) >= 11 is 0. The summed E-state index contributed by atoms with van der Waals surface area (Å²) in [7, 11) is 0. The number of ether oxygens (including phenoxy) is 2. The van der Waals surface area contributed by atoms with Crippen molar-refractivity contribution in [3.63, 3.8) is 0 Å². The van der Waals surface area contributed by atoms with Gasteiger partial charge in [0.1, 0.15) is 0 Å². The summed E-state index contributed by atoms with van der Waals surface area (Å²) in [6.45, 7) is 5.01. The van der Waals surface area contributed by atoms with Gasteiger partial charge in [-0.05, 0) is 32.9 Å². The Bertz CT molecular complexity index is 363. The first-order valence-corrected chi connectivity index (χ1v) is 5.12. The van der Waals surface area contributed by atoms with Crippen molar-refractivity contribution in [2.45, 2.75) is 33.0 Å². The fourth-order valence-corrected chi connectivity index (χ4v) is 1.11. The van der Waals surface area contributed by atoms with Gasteiger partial charge in [-0.1, -0.05) is 12.1 Å². The molecule has 0 aromatic heterocycles. The molecule has 0 N–H and O–H groups in total. The normalized spacial score (nSPS) is 12.3. The van der Waals surface area contributed by atoms with Gasteiger partial charge in [-0.3, -0.25) is 0 Å². The van der Waals surface area contributed by atoms with Crippen molar-refractivity contribution in [3.8, 4) is 5.75 Å². The number of hydrogen-bond acceptors (Lipinski definition) is 3. The molecule has 3 nitrogen and oxygen atoms in total. The molecule has 1 aromatic carbocycles. The third-order valence-electron chi connectivity index (χ3n) is 1.82. The molecule has 0 bridgehead atoms. The quantitative estimate of drug-likeness (QED) is 0.740. The average Bonchev–Trinajstić information content (AvgIpc) is 2.20. The van der Waals surface area contributed by atoms with E-state index in [4.69, 9.17) is 9.47 Å². The van der Waals surface area contributed by atoms with Gasteiger partial charge in [0.25, 0.3) is 0 Å². The maximum atomic E-state index is 13.2. The number of hydrogen-bond donors (Lipinski definition) is 0. The van der Waals surface area contributed by atoms with Crippen LogP contribution in [0.2, 0.25) is 0 Å². The second-order valence-corrected chi connectivity index (χ2v) is 3.68. The smallest absolute Gasteiger partial charge is 0.347 e. The van der Waals surface area contributed by atoms with Gasteiger partial charge in [0.15, 0.2) is 17.7 Å². The molecule has 1 unspecified atom stereocenters. The van der Waals surface area contributed by atoms with Crippen LogP contribution in [0.5, 0.6) is 5.75 Å². The average molecular weight is 226 g/mol. The van der Waals surface area contributed by atoms with E-state index in [9.17, 15) is 9.18 Å². The molecule has 0 spiro atoms. The lowest BCUT2D eigenvalue weighted by molar-refractivity contribution is -0.155. The van der Waals surface area contributed by atoms with Crippen LogP contribution in [0.4, 0.5) is 4.39 Å². The van der Waals surface area contributed by atoms with Crippen molar-refractivity contribution in [1.29, 1.82) is 0 Å². The lowest BCUT2D eigenvalue weighted by Gasteiger charge is -2.15. The number of rotatable bonds is 4. The first kappa shape index (κ1) is 12.5. The second kappa shape index (κ2) is 5.49. The van der Waals surface area contributed by atoms with Crippen LogP contribution in [0.3, 0.4) is 0 Å². The minimum Gasteiger partial charge on any atom is -0.476 e. The molecule has 88 valence electrons. The largest absolute Gasteiger partial charge is 0.476 e. The Labute approximate surface area is 94.2 Å². The molecule has 0 aliphatic carbocycles. The number of benzene rings is 1. The predicted molar refractivity (Wildman–Crippen MR) is 57.7 cm³/mol. The topological polar surface area (TPSA) is 35.5 Å². The molecule has 0 fully saturated rings. The minimum absolute atomic E-state index is 0.0516. The molecule has 0 amide bonds. The van der Waals surface area contributed by atoms with Gasteiger partial charge in [-0.25, -0.2) is 9.18 Å². The molecule has 16 heavy (non-hydrogen) atoms. The standard InChI is InChI=1S/C12H15FO3/c1-8(2)15-12(14)9(3)16-11-7-5-4-6-10(11)13/h4-9H,1-3H3. The molecule has 0 saturated carbocycles. The van der Waals surface area contributed by atoms with E-state index in [2.05, 4.69) is 0 Å². The molecule has 0 radical (unpaired) electrons. The molecule has 0 heterocycles. The van der Waals surface area contributed by atoms with E-state index < -0.39 is 17.9 Å². The van der Waals surface area contributed by atoms with Gasteiger partial charge >= 0.3 is 5.97 Å². The highest BCUT2D eigenvalue weighted by Crippen LogP contribution is 2.17. The first-order chi connectivity index (χ1) is 7.50. The van der Waals surface area contributed by atoms with Gasteiger partial charge in [0.2, 0.25) is 0 Å². The summed E-state index contributed by atoms with van der Waals surface area (Å²) in [6, 6.07) is 5.93. The van der Waals surface area contributed by atoms with Crippen LogP contribution >= 0.6 is 0 Å². The third-order valence-corrected chi connectivity index (χ3v) is 1.82. The van der Waals surface area contributed by atoms with Crippen molar-refractivity contribution in [3.05, 3.63) is 30.1 Å². The minimum atomic E-state index is -0.820. The van der Waals surface area contributed by atoms with Crippen LogP contribution in [0, 0.1) is 5.82 Å². The molecular weight excluding hydrogens is 211 g/mol. The van der Waals surface area contributed by atoms with Crippen molar-refractivity contribution in [2.75, 3.05) is 0 Å². The molecule has 1 atom stereocenters. The Hall–Kier alpha value is -1.58. The molecule has 0 saturated heterocycles. The summed E-state index contributed by atoms with van der Waals surface area (Å²) in [5, 5.41) is 0. The van der Waals surface area contributed by atoms with Crippen LogP contribution in [0.1, 0.15) is 20.8 Å². The van der Waals surface area contributed by atoms with E-state index >= 15 is 0 Å². The second-order valence-electron chi connectivity index (χ2n) is 3.68. The Balaban J connectivity index is 2.61. The SMILES string of the molecule is CC(C)OC(=O)C(C)Oc1ccccc1F. The van der Waals surface area contributed by atoms with Crippen LogP contribution < -0.4 is 4.74 Å². The lowest BCUT2D eigenvalue weighted by atomic mass is 10.3. The Morgan fingerprint density at radius 2 is 1.88 bits per heavy atom. The Kier molecular flexibility index (Phi) is 4.28. The highest BCUT2D eigenvalue weighted by molar-refractivity contribution is 5.74. The van der Waals surface area contributed by atoms with Gasteiger partial charge in [0.05, 0.1) is 6.10 Å². The fraction of sp³-hybridized carbons (Fsp3) is 0.417. The van der Waals surface area contributed by atoms with Gasteiger partial charge < -0.3 is 9.47 Å². The number of carbonyl (C=O) groups is 1. The lowest BCUT2D eigenvalue weighted by Crippen LogP contribution is -2.28. The van der Waals surface area contributed by atoms with E-state index in [0.717, 1.165) is 0 Å². The monoisotopic (exact) mass is 226 g/mol. The fourth-order valence-electron chi connectivity index (χ4n) is 1.11. The summed E-state index contributed by atoms with van der Waals surface area (Å²) in [6.07, 6.45) is -1.03. The number of halogens is 1. The van der Waals surface area contributed by atoms with Gasteiger partial charge in [-0.15, -0.1) is 0 Å². The molecule has 4 heteroatoms. The van der Waals surface area contributed by atoms with Crippen molar-refractivity contribution in [2.24, 2.45) is 0 Å². The van der Waals surface area contributed by atoms with Crippen molar-refractivity contribution >= 4 is 5.97 Å². The van der Waals surface area contributed by atoms with E-state index in [0.29, 0.717) is 0 Å². The van der Waals surface area contributed by atoms with Crippen LogP contribution in [-0.4, -0.2) is 18.2 Å². The number of carbonyl (C=O) groups excluding carboxylic acids is 1. The van der Waals surface area contributed by atoms with Crippen LogP contribution in [0.25, 0.3) is 0 Å². The van der Waals surface area contributed by atoms with E-state index in [1.807, 2.05) is 0 Å². The molecule has 1 aromatic rings. The molecule has 0 aliphatic heterocycles. The Morgan fingerprint density at radius 1 is 1.25 bits per heavy atom. The van der Waals surface area contributed by atoms with Crippen LogP contribution in [-0.2, 0) is 9.53 Å². The number of esters is 1. The molecule has 1 rings (SSSR count). The maximum Gasteiger partial charge on any atom is 0.347 e. The van der Waals surface area contributed by atoms with E-state index in [-0.39, 0.29) is 11.9 Å². The summed E-state index contributed by atoms with van der Waals surface area (Å²) in [5.74, 6) is -0.944. The van der Waals surface area contributed by atoms with Crippen LogP contribution in [0.15, 0.2) is 24.3 Å². The summed E-state index contributed by atoms with van der Waals surface area (Å²) in [4.78, 5) is 11.4. The zero-order valence-electron chi connectivity index (χ0n) is 9.57.